The second kappa shape index (κ2) is 9.98. The molecule has 2 N–H and O–H groups in total. The van der Waals surface area contributed by atoms with Gasteiger partial charge in [0.15, 0.2) is 0 Å². The van der Waals surface area contributed by atoms with Crippen molar-refractivity contribution in [2.45, 2.75) is 32.8 Å². The molecule has 0 fully saturated rings. The van der Waals surface area contributed by atoms with E-state index in [4.69, 9.17) is 4.74 Å². The summed E-state index contributed by atoms with van der Waals surface area (Å²) in [7, 11) is 0. The molecule has 4 heteroatoms. The Morgan fingerprint density at radius 1 is 0.968 bits per heavy atom. The van der Waals surface area contributed by atoms with E-state index in [1.54, 1.807) is 26.0 Å². The van der Waals surface area contributed by atoms with Crippen molar-refractivity contribution in [2.24, 2.45) is 0 Å². The molecule has 0 spiro atoms. The number of hydrogen-bond donors (Lipinski definition) is 2. The Bertz CT molecular complexity index is 1020. The summed E-state index contributed by atoms with van der Waals surface area (Å²) in [5.74, 6) is -0.419. The lowest BCUT2D eigenvalue weighted by Crippen LogP contribution is -2.40. The second-order valence-corrected chi connectivity index (χ2v) is 7.73. The Labute approximate surface area is 184 Å². The van der Waals surface area contributed by atoms with Crippen molar-refractivity contribution in [3.63, 3.8) is 0 Å². The number of benzene rings is 3. The minimum atomic E-state index is -1.22. The second-order valence-electron chi connectivity index (χ2n) is 7.73. The van der Waals surface area contributed by atoms with Crippen LogP contribution >= 0.6 is 0 Å². The van der Waals surface area contributed by atoms with Crippen LogP contribution in [0.15, 0.2) is 84.9 Å². The molecule has 3 aromatic carbocycles. The number of carboxylic acids is 1. The topological polar surface area (TPSA) is 58.6 Å². The van der Waals surface area contributed by atoms with Crippen LogP contribution in [0.1, 0.15) is 32.8 Å². The predicted octanol–water partition coefficient (Wildman–Crippen LogP) is 6.50. The molecular weight excluding hydrogens is 386 g/mol. The Balaban J connectivity index is 1.57. The first kappa shape index (κ1) is 22.2. The highest BCUT2D eigenvalue weighted by Gasteiger charge is 2.33. The highest BCUT2D eigenvalue weighted by Crippen LogP contribution is 2.24. The highest BCUT2D eigenvalue weighted by atomic mass is 16.5. The molecule has 0 aliphatic rings. The van der Waals surface area contributed by atoms with Gasteiger partial charge in [-0.05, 0) is 66.8 Å². The summed E-state index contributed by atoms with van der Waals surface area (Å²) in [5.41, 5.74) is 4.55. The van der Waals surface area contributed by atoms with E-state index in [1.807, 2.05) is 30.3 Å². The molecule has 0 saturated carbocycles. The van der Waals surface area contributed by atoms with Crippen LogP contribution < -0.4 is 10.1 Å². The van der Waals surface area contributed by atoms with E-state index < -0.39 is 11.6 Å². The Kier molecular flexibility index (Phi) is 7.14. The quantitative estimate of drug-likeness (QED) is 0.419. The van der Waals surface area contributed by atoms with Gasteiger partial charge in [-0.2, -0.15) is 0 Å². The van der Waals surface area contributed by atoms with Crippen LogP contribution in [0.3, 0.4) is 0 Å². The number of allylic oxidation sites excluding steroid dienone is 1. The number of rotatable bonds is 9. The highest BCUT2D eigenvalue weighted by molar-refractivity contribution is 5.77. The van der Waals surface area contributed by atoms with Gasteiger partial charge in [-0.25, -0.2) is 4.79 Å². The van der Waals surface area contributed by atoms with Crippen molar-refractivity contribution >= 4 is 17.2 Å². The molecule has 1 atom stereocenters. The van der Waals surface area contributed by atoms with Gasteiger partial charge in [0.2, 0.25) is 5.60 Å². The standard InChI is InChI=1S/C27H29NO3/c1-4-27(3,26(29)30)31-25-16-14-24(15-17-25)28-19-18-20(2)21-10-12-23(13-11-21)22-8-6-5-7-9-22/h5-18,28H,4,19H2,1-3H3,(H,29,30)/b20-18+. The number of nitrogens with one attached hydrogen (secondary N) is 1. The monoisotopic (exact) mass is 415 g/mol. The number of carboxylic acid groups (broad SMARTS) is 1. The normalized spacial score (nSPS) is 13.3. The third kappa shape index (κ3) is 5.76. The number of anilines is 1. The largest absolute Gasteiger partial charge is 0.478 e. The summed E-state index contributed by atoms with van der Waals surface area (Å²) in [6, 6.07) is 26.3. The molecule has 3 aromatic rings. The fourth-order valence-electron chi connectivity index (χ4n) is 3.16. The Hall–Kier alpha value is -3.53. The first-order valence-electron chi connectivity index (χ1n) is 10.5. The van der Waals surface area contributed by atoms with Gasteiger partial charge in [0, 0.05) is 12.2 Å². The fourth-order valence-corrected chi connectivity index (χ4v) is 3.16. The van der Waals surface area contributed by atoms with E-state index in [-0.39, 0.29) is 0 Å². The van der Waals surface area contributed by atoms with Gasteiger partial charge in [0.25, 0.3) is 0 Å². The fraction of sp³-hybridized carbons (Fsp3) is 0.222. The van der Waals surface area contributed by atoms with Gasteiger partial charge in [0.05, 0.1) is 0 Å². The Morgan fingerprint density at radius 3 is 2.16 bits per heavy atom. The predicted molar refractivity (Wildman–Crippen MR) is 127 cm³/mol. The molecular formula is C27H29NO3. The van der Waals surface area contributed by atoms with Gasteiger partial charge < -0.3 is 15.2 Å². The minimum absolute atomic E-state index is 0.388. The van der Waals surface area contributed by atoms with Crippen molar-refractivity contribution in [1.29, 1.82) is 0 Å². The Morgan fingerprint density at radius 2 is 1.58 bits per heavy atom. The first-order valence-corrected chi connectivity index (χ1v) is 10.5. The van der Waals surface area contributed by atoms with Gasteiger partial charge in [0.1, 0.15) is 5.75 Å². The molecule has 0 saturated heterocycles. The third-order valence-electron chi connectivity index (χ3n) is 5.49. The molecule has 160 valence electrons. The molecule has 4 nitrogen and oxygen atoms in total. The summed E-state index contributed by atoms with van der Waals surface area (Å²) in [5, 5.41) is 12.7. The van der Waals surface area contributed by atoms with Crippen molar-refractivity contribution in [2.75, 3.05) is 11.9 Å². The van der Waals surface area contributed by atoms with Crippen LogP contribution in [0.4, 0.5) is 5.69 Å². The minimum Gasteiger partial charge on any atom is -0.478 e. The molecule has 3 rings (SSSR count). The van der Waals surface area contributed by atoms with Crippen LogP contribution in [-0.4, -0.2) is 23.2 Å². The number of aliphatic carboxylic acids is 1. The zero-order valence-electron chi connectivity index (χ0n) is 18.3. The SMILES string of the molecule is CCC(C)(Oc1ccc(NC/C=C(\C)c2ccc(-c3ccccc3)cc2)cc1)C(=O)O. The molecule has 31 heavy (non-hydrogen) atoms. The summed E-state index contributed by atoms with van der Waals surface area (Å²) in [6.07, 6.45) is 2.54. The molecule has 0 heterocycles. The molecule has 0 radical (unpaired) electrons. The molecule has 0 amide bonds. The molecule has 0 aromatic heterocycles. The smallest absolute Gasteiger partial charge is 0.347 e. The number of carbonyl (C=O) groups is 1. The van der Waals surface area contributed by atoms with Crippen LogP contribution in [0.5, 0.6) is 5.75 Å². The maximum absolute atomic E-state index is 11.4. The third-order valence-corrected chi connectivity index (χ3v) is 5.49. The summed E-state index contributed by atoms with van der Waals surface area (Å²) in [6.45, 7) is 6.18. The van der Waals surface area contributed by atoms with Gasteiger partial charge in [-0.3, -0.25) is 0 Å². The average molecular weight is 416 g/mol. The summed E-state index contributed by atoms with van der Waals surface area (Å²) < 4.78 is 5.67. The molecule has 1 unspecified atom stereocenters. The summed E-state index contributed by atoms with van der Waals surface area (Å²) in [4.78, 5) is 11.4. The lowest BCUT2D eigenvalue weighted by molar-refractivity contribution is -0.154. The maximum atomic E-state index is 11.4. The molecule has 0 aliphatic heterocycles. The van der Waals surface area contributed by atoms with E-state index in [1.165, 1.54) is 22.3 Å². The zero-order valence-corrected chi connectivity index (χ0v) is 18.3. The van der Waals surface area contributed by atoms with Gasteiger partial charge in [-0.15, -0.1) is 0 Å². The van der Waals surface area contributed by atoms with Crippen LogP contribution in [0.2, 0.25) is 0 Å². The number of hydrogen-bond acceptors (Lipinski definition) is 3. The molecule has 0 aliphatic carbocycles. The lowest BCUT2D eigenvalue weighted by atomic mass is 10.0. The lowest BCUT2D eigenvalue weighted by Gasteiger charge is -2.24. The van der Waals surface area contributed by atoms with Crippen LogP contribution in [0, 0.1) is 0 Å². The van der Waals surface area contributed by atoms with E-state index in [9.17, 15) is 9.90 Å². The van der Waals surface area contributed by atoms with Gasteiger partial charge >= 0.3 is 5.97 Å². The van der Waals surface area contributed by atoms with Crippen molar-refractivity contribution in [3.05, 3.63) is 90.5 Å². The van der Waals surface area contributed by atoms with Crippen molar-refractivity contribution in [3.8, 4) is 16.9 Å². The molecule has 0 bridgehead atoms. The maximum Gasteiger partial charge on any atom is 0.347 e. The van der Waals surface area contributed by atoms with E-state index >= 15 is 0 Å². The van der Waals surface area contributed by atoms with E-state index in [2.05, 4.69) is 54.7 Å². The van der Waals surface area contributed by atoms with Crippen molar-refractivity contribution < 1.29 is 14.6 Å². The van der Waals surface area contributed by atoms with Crippen LogP contribution in [0.25, 0.3) is 16.7 Å². The van der Waals surface area contributed by atoms with Crippen LogP contribution in [-0.2, 0) is 4.79 Å². The number of ether oxygens (including phenoxy) is 1. The first-order chi connectivity index (χ1) is 14.9. The van der Waals surface area contributed by atoms with E-state index in [0.717, 1.165) is 5.69 Å². The summed E-state index contributed by atoms with van der Waals surface area (Å²) >= 11 is 0. The van der Waals surface area contributed by atoms with Gasteiger partial charge in [-0.1, -0.05) is 67.6 Å². The average Bonchev–Trinajstić information content (AvgIpc) is 2.80. The van der Waals surface area contributed by atoms with Crippen molar-refractivity contribution in [1.82, 2.24) is 0 Å². The zero-order chi connectivity index (χ0) is 22.3. The van der Waals surface area contributed by atoms with E-state index in [0.29, 0.717) is 18.7 Å².